The van der Waals surface area contributed by atoms with Gasteiger partial charge in [-0.25, -0.2) is 0 Å². The molecule has 0 spiro atoms. The van der Waals surface area contributed by atoms with Gasteiger partial charge in [0.1, 0.15) is 0 Å². The van der Waals surface area contributed by atoms with Crippen molar-refractivity contribution in [2.24, 2.45) is 0 Å². The average Bonchev–Trinajstić information content (AvgIpc) is 3.76. The molecule has 0 saturated heterocycles. The molecular formula is C64H46N2Si. The van der Waals surface area contributed by atoms with Gasteiger partial charge in [0, 0.05) is 27.8 Å². The van der Waals surface area contributed by atoms with Crippen molar-refractivity contribution in [1.82, 2.24) is 4.57 Å². The summed E-state index contributed by atoms with van der Waals surface area (Å²) in [6, 6.07) is 103. The molecule has 1 aromatic heterocycles. The second kappa shape index (κ2) is 17.1. The highest BCUT2D eigenvalue weighted by atomic mass is 28.3. The van der Waals surface area contributed by atoms with E-state index in [1.54, 1.807) is 0 Å². The largest absolute Gasteiger partial charge is 0.310 e. The fraction of sp³-hybridized carbons (Fsp3) is 0. The molecular weight excluding hydrogens is 825 g/mol. The van der Waals surface area contributed by atoms with Crippen LogP contribution in [0.4, 0.5) is 17.1 Å². The average molecular weight is 871 g/mol. The van der Waals surface area contributed by atoms with Crippen LogP contribution in [0, 0.1) is 0 Å². The summed E-state index contributed by atoms with van der Waals surface area (Å²) in [6.07, 6.45) is 0. The Morgan fingerprint density at radius 1 is 0.313 bits per heavy atom. The molecule has 0 radical (unpaired) electrons. The lowest BCUT2D eigenvalue weighted by atomic mass is 9.97. The molecule has 2 nitrogen and oxygen atoms in total. The zero-order valence-electron chi connectivity index (χ0n) is 37.0. The van der Waals surface area contributed by atoms with E-state index in [1.807, 2.05) is 0 Å². The smallest absolute Gasteiger partial charge is 0.179 e. The van der Waals surface area contributed by atoms with Crippen molar-refractivity contribution in [2.45, 2.75) is 0 Å². The lowest BCUT2D eigenvalue weighted by Gasteiger charge is -2.34. The molecule has 0 unspecified atom stereocenters. The number of aromatic nitrogens is 1. The maximum atomic E-state index is 2.45. The van der Waals surface area contributed by atoms with Gasteiger partial charge in [-0.2, -0.15) is 0 Å². The van der Waals surface area contributed by atoms with Crippen molar-refractivity contribution in [3.05, 3.63) is 279 Å². The first-order valence-corrected chi connectivity index (χ1v) is 25.1. The molecule has 0 fully saturated rings. The Balaban J connectivity index is 1.01. The summed E-state index contributed by atoms with van der Waals surface area (Å²) in [4.78, 5) is 2.45. The lowest BCUT2D eigenvalue weighted by Crippen LogP contribution is -2.74. The van der Waals surface area contributed by atoms with E-state index in [-0.39, 0.29) is 0 Å². The zero-order valence-corrected chi connectivity index (χ0v) is 38.0. The number of nitrogens with zero attached hydrogens (tertiary/aromatic N) is 2. The molecule has 0 saturated carbocycles. The number of para-hydroxylation sites is 2. The normalized spacial score (nSPS) is 11.6. The molecule has 0 aliphatic rings. The van der Waals surface area contributed by atoms with E-state index >= 15 is 0 Å². The van der Waals surface area contributed by atoms with Crippen LogP contribution < -0.4 is 25.6 Å². The van der Waals surface area contributed by atoms with Gasteiger partial charge in [-0.05, 0) is 108 Å². The Kier molecular flexibility index (Phi) is 10.2. The van der Waals surface area contributed by atoms with E-state index < -0.39 is 8.07 Å². The Morgan fingerprint density at radius 2 is 0.806 bits per heavy atom. The molecule has 1 heterocycles. The lowest BCUT2D eigenvalue weighted by molar-refractivity contribution is 1.18. The van der Waals surface area contributed by atoms with Crippen molar-refractivity contribution < 1.29 is 0 Å². The van der Waals surface area contributed by atoms with E-state index in [9.17, 15) is 0 Å². The molecule has 3 heteroatoms. The highest BCUT2D eigenvalue weighted by Gasteiger charge is 2.41. The third-order valence-electron chi connectivity index (χ3n) is 13.5. The van der Waals surface area contributed by atoms with Gasteiger partial charge in [0.2, 0.25) is 0 Å². The number of hydrogen-bond donors (Lipinski definition) is 0. The predicted octanol–water partition coefficient (Wildman–Crippen LogP) is 14.1. The summed E-state index contributed by atoms with van der Waals surface area (Å²) in [7, 11) is -2.64. The van der Waals surface area contributed by atoms with Crippen molar-refractivity contribution in [3.8, 4) is 27.9 Å². The maximum absolute atomic E-state index is 2.64. The highest BCUT2D eigenvalue weighted by Crippen LogP contribution is 2.45. The topological polar surface area (TPSA) is 8.17 Å². The minimum absolute atomic E-state index is 1.09. The van der Waals surface area contributed by atoms with Crippen molar-refractivity contribution in [2.75, 3.05) is 4.90 Å². The van der Waals surface area contributed by atoms with E-state index in [2.05, 4.69) is 289 Å². The Morgan fingerprint density at radius 3 is 1.46 bits per heavy atom. The second-order valence-electron chi connectivity index (χ2n) is 17.2. The van der Waals surface area contributed by atoms with Crippen molar-refractivity contribution in [3.63, 3.8) is 0 Å². The van der Waals surface area contributed by atoms with Crippen LogP contribution in [0.1, 0.15) is 0 Å². The van der Waals surface area contributed by atoms with Crippen LogP contribution in [0.15, 0.2) is 279 Å². The first-order valence-electron chi connectivity index (χ1n) is 23.1. The second-order valence-corrected chi connectivity index (χ2v) is 21.1. The van der Waals surface area contributed by atoms with Crippen molar-refractivity contribution in [1.29, 1.82) is 0 Å². The zero-order chi connectivity index (χ0) is 44.6. The van der Waals surface area contributed by atoms with Crippen LogP contribution >= 0.6 is 0 Å². The number of hydrogen-bond acceptors (Lipinski definition) is 1. The quantitative estimate of drug-likeness (QED) is 0.0982. The van der Waals surface area contributed by atoms with Crippen LogP contribution in [0.3, 0.4) is 0 Å². The number of fused-ring (bicyclic) bond motifs is 4. The minimum Gasteiger partial charge on any atom is -0.310 e. The van der Waals surface area contributed by atoms with E-state index in [0.717, 1.165) is 28.3 Å². The fourth-order valence-electron chi connectivity index (χ4n) is 10.5. The van der Waals surface area contributed by atoms with E-state index in [0.29, 0.717) is 0 Å². The molecule has 0 N–H and O–H groups in total. The molecule has 0 atom stereocenters. The van der Waals surface area contributed by atoms with Gasteiger partial charge in [-0.1, -0.05) is 224 Å². The molecule has 316 valence electrons. The summed E-state index contributed by atoms with van der Waals surface area (Å²) >= 11 is 0. The first-order chi connectivity index (χ1) is 33.3. The van der Waals surface area contributed by atoms with Gasteiger partial charge < -0.3 is 9.47 Å². The van der Waals surface area contributed by atoms with E-state index in [4.69, 9.17) is 0 Å². The molecule has 12 rings (SSSR count). The number of benzene rings is 11. The summed E-state index contributed by atoms with van der Waals surface area (Å²) in [6.45, 7) is 0. The fourth-order valence-corrected chi connectivity index (χ4v) is 15.3. The molecule has 67 heavy (non-hydrogen) atoms. The summed E-state index contributed by atoms with van der Waals surface area (Å²) in [5.74, 6) is 0. The van der Waals surface area contributed by atoms with Crippen LogP contribution in [0.5, 0.6) is 0 Å². The molecule has 11 aromatic carbocycles. The van der Waals surface area contributed by atoms with Gasteiger partial charge in [-0.15, -0.1) is 0 Å². The molecule has 0 aliphatic heterocycles. The standard InChI is InChI=1S/C64H46N2Si/c1-5-23-51(24-6-1)66-61-35-16-15-33-60(61)64-62(36-19-37-63(64)66)65(53-25-17-22-50(46-53)59-34-18-21-49-20-13-14-32-58(49)59)52-42-38-47(39-43-52)48-40-44-57(45-41-48)67(54-26-7-2-8-27-54,55-28-9-3-10-29-55)56-30-11-4-12-31-56/h1-46H. The molecule has 0 aliphatic carbocycles. The third kappa shape index (κ3) is 6.96. The molecule has 0 bridgehead atoms. The first kappa shape index (κ1) is 40.0. The third-order valence-corrected chi connectivity index (χ3v) is 18.3. The van der Waals surface area contributed by atoms with Crippen LogP contribution in [-0.2, 0) is 0 Å². The van der Waals surface area contributed by atoms with Gasteiger partial charge in [-0.3, -0.25) is 0 Å². The predicted molar refractivity (Wildman–Crippen MR) is 287 cm³/mol. The summed E-state index contributed by atoms with van der Waals surface area (Å²) < 4.78 is 2.40. The van der Waals surface area contributed by atoms with Crippen LogP contribution in [-0.4, -0.2) is 12.6 Å². The monoisotopic (exact) mass is 870 g/mol. The Bertz CT molecular complexity index is 3560. The summed E-state index contributed by atoms with van der Waals surface area (Å²) in [5.41, 5.74) is 11.5. The van der Waals surface area contributed by atoms with E-state index in [1.165, 1.54) is 70.1 Å². The van der Waals surface area contributed by atoms with Crippen molar-refractivity contribution >= 4 is 78.5 Å². The minimum atomic E-state index is -2.64. The molecule has 0 amide bonds. The number of anilines is 3. The number of rotatable bonds is 10. The Labute approximate surface area is 392 Å². The van der Waals surface area contributed by atoms with Gasteiger partial charge >= 0.3 is 0 Å². The van der Waals surface area contributed by atoms with Gasteiger partial charge in [0.05, 0.1) is 16.7 Å². The SMILES string of the molecule is c1ccc(-n2c3ccccc3c3c(N(c4ccc(-c5ccc([Si](c6ccccc6)(c6ccccc6)c6ccccc6)cc5)cc4)c4cccc(-c5cccc6ccccc56)c4)cccc32)cc1. The summed E-state index contributed by atoms with van der Waals surface area (Å²) in [5, 5.41) is 10.4. The van der Waals surface area contributed by atoms with Crippen LogP contribution in [0.2, 0.25) is 0 Å². The van der Waals surface area contributed by atoms with Gasteiger partial charge in [0.15, 0.2) is 8.07 Å². The van der Waals surface area contributed by atoms with Gasteiger partial charge in [0.25, 0.3) is 0 Å². The van der Waals surface area contributed by atoms with Crippen LogP contribution in [0.25, 0.3) is 60.5 Å². The maximum Gasteiger partial charge on any atom is 0.179 e. The Hall–Kier alpha value is -8.50. The highest BCUT2D eigenvalue weighted by molar-refractivity contribution is 7.19. The molecule has 12 aromatic rings.